The van der Waals surface area contributed by atoms with Crippen LogP contribution >= 0.6 is 0 Å². The smallest absolute Gasteiger partial charge is 0.237 e. The molecule has 5 heteroatoms. The Labute approximate surface area is 176 Å². The van der Waals surface area contributed by atoms with Crippen molar-refractivity contribution < 1.29 is 13.8 Å². The average molecular weight is 407 g/mol. The zero-order valence-electron chi connectivity index (χ0n) is 16.5. The summed E-state index contributed by atoms with van der Waals surface area (Å²) in [4.78, 5) is 17.8. The lowest BCUT2D eigenvalue weighted by Gasteiger charge is -2.19. The quantitative estimate of drug-likeness (QED) is 0.190. The number of carbonyl (C=O) groups excluding carboxylic acids is 1. The number of aliphatic imine (C=N–C) groups is 1. The van der Waals surface area contributed by atoms with Gasteiger partial charge in [0.2, 0.25) is 11.8 Å². The molecule has 3 rings (SSSR count). The molecule has 0 unspecified atom stereocenters. The van der Waals surface area contributed by atoms with E-state index in [-0.39, 0.29) is 11.6 Å². The second kappa shape index (κ2) is 9.52. The van der Waals surface area contributed by atoms with Gasteiger partial charge in [0, 0.05) is 17.2 Å². The van der Waals surface area contributed by atoms with E-state index >= 15 is 0 Å². The maximum atomic E-state index is 13.3. The largest absolute Gasteiger partial charge is 0.758 e. The second-order valence-electron chi connectivity index (χ2n) is 6.93. The molecule has 0 saturated heterocycles. The molecule has 2 aromatic carbocycles. The zero-order valence-corrected chi connectivity index (χ0v) is 17.3. The molecule has 1 aromatic heterocycles. The Hall–Kier alpha value is -2.92. The lowest BCUT2D eigenvalue weighted by Crippen LogP contribution is -2.47. The predicted molar refractivity (Wildman–Crippen MR) is 115 cm³/mol. The molecule has 3 aromatic rings. The highest BCUT2D eigenvalue weighted by Gasteiger charge is 2.28. The van der Waals surface area contributed by atoms with Gasteiger partial charge in [-0.2, -0.15) is 4.57 Å². The van der Waals surface area contributed by atoms with Crippen molar-refractivity contribution in [2.75, 3.05) is 0 Å². The second-order valence-corrected chi connectivity index (χ2v) is 7.34. The lowest BCUT2D eigenvalue weighted by molar-refractivity contribution is -0.692. The topological polar surface area (TPSA) is 33.3 Å². The van der Waals surface area contributed by atoms with Crippen LogP contribution < -0.4 is 4.57 Å². The first-order valence-electron chi connectivity index (χ1n) is 9.54. The number of aryl methyl sites for hydroxylation is 2. The number of hydrogen-bond donors (Lipinski definition) is 0. The van der Waals surface area contributed by atoms with Crippen LogP contribution in [0.3, 0.4) is 0 Å². The molecule has 0 aliphatic heterocycles. The maximum Gasteiger partial charge on any atom is 0.237 e. The third-order valence-corrected chi connectivity index (χ3v) is 5.08. The Kier molecular flexibility index (Phi) is 6.83. The van der Waals surface area contributed by atoms with Crippen molar-refractivity contribution in [3.63, 3.8) is 0 Å². The molecule has 0 saturated carbocycles. The van der Waals surface area contributed by atoms with Gasteiger partial charge in [0.15, 0.2) is 12.4 Å². The first-order chi connectivity index (χ1) is 14.0. The van der Waals surface area contributed by atoms with Gasteiger partial charge < -0.3 is 17.6 Å². The monoisotopic (exact) mass is 406 g/mol. The van der Waals surface area contributed by atoms with Crippen LogP contribution in [-0.2, 0) is 25.6 Å². The van der Waals surface area contributed by atoms with Crippen molar-refractivity contribution >= 4 is 23.5 Å². The highest BCUT2D eigenvalue weighted by molar-refractivity contribution is 7.77. The fourth-order valence-electron chi connectivity index (χ4n) is 3.06. The summed E-state index contributed by atoms with van der Waals surface area (Å²) < 4.78 is 14.9. The van der Waals surface area contributed by atoms with Gasteiger partial charge in [-0.25, -0.2) is 4.39 Å². The number of pyridine rings is 1. The summed E-state index contributed by atoms with van der Waals surface area (Å²) in [7, 11) is 0. The summed E-state index contributed by atoms with van der Waals surface area (Å²) in [5, 5.41) is 0.300. The number of ketones is 1. The van der Waals surface area contributed by atoms with Crippen LogP contribution in [0.25, 0.3) is 0 Å². The van der Waals surface area contributed by atoms with Gasteiger partial charge in [-0.05, 0) is 47.7 Å². The van der Waals surface area contributed by atoms with E-state index in [9.17, 15) is 9.18 Å². The van der Waals surface area contributed by atoms with Crippen LogP contribution in [0, 0.1) is 12.7 Å². The Morgan fingerprint density at radius 3 is 2.34 bits per heavy atom. The summed E-state index contributed by atoms with van der Waals surface area (Å²) in [6.07, 6.45) is 4.63. The first-order valence-corrected chi connectivity index (χ1v) is 9.95. The van der Waals surface area contributed by atoms with Gasteiger partial charge in [-0.3, -0.25) is 4.79 Å². The van der Waals surface area contributed by atoms with Crippen LogP contribution in [0.5, 0.6) is 0 Å². The number of hydrogen-bond acceptors (Lipinski definition) is 3. The van der Waals surface area contributed by atoms with E-state index < -0.39 is 6.04 Å². The lowest BCUT2D eigenvalue weighted by atomic mass is 10.0. The Bertz CT molecular complexity index is 1010. The Morgan fingerprint density at radius 2 is 1.72 bits per heavy atom. The van der Waals surface area contributed by atoms with Gasteiger partial charge in [-0.1, -0.05) is 43.3 Å². The van der Waals surface area contributed by atoms with E-state index in [1.807, 2.05) is 60.3 Å². The number of halogens is 1. The fraction of sp³-hybridized carbons (Fsp3) is 0.208. The van der Waals surface area contributed by atoms with E-state index in [0.717, 1.165) is 17.5 Å². The fourth-order valence-corrected chi connectivity index (χ4v) is 3.35. The summed E-state index contributed by atoms with van der Waals surface area (Å²) in [5.74, 6) is -0.397. The van der Waals surface area contributed by atoms with E-state index in [0.29, 0.717) is 17.2 Å². The molecule has 29 heavy (non-hydrogen) atoms. The molecular weight excluding hydrogens is 383 g/mol. The minimum absolute atomic E-state index is 0.101. The molecule has 0 fully saturated rings. The number of carbonyl (C=O) groups is 1. The summed E-state index contributed by atoms with van der Waals surface area (Å²) in [6.45, 7) is 4.34. The van der Waals surface area contributed by atoms with Crippen molar-refractivity contribution in [3.05, 3.63) is 101 Å². The van der Waals surface area contributed by atoms with E-state index in [1.165, 1.54) is 17.7 Å². The Morgan fingerprint density at radius 1 is 1.07 bits per heavy atom. The van der Waals surface area contributed by atoms with Gasteiger partial charge in [-0.15, -0.1) is 0 Å². The molecule has 0 aliphatic rings. The predicted octanol–water partition coefficient (Wildman–Crippen LogP) is 4.55. The molecule has 148 valence electrons. The highest BCUT2D eigenvalue weighted by Crippen LogP contribution is 2.15. The summed E-state index contributed by atoms with van der Waals surface area (Å²) in [5.41, 5.74) is 3.62. The zero-order chi connectivity index (χ0) is 20.8. The average Bonchev–Trinajstić information content (AvgIpc) is 2.73. The van der Waals surface area contributed by atoms with Crippen molar-refractivity contribution in [3.8, 4) is 0 Å². The molecule has 1 atom stereocenters. The van der Waals surface area contributed by atoms with Crippen molar-refractivity contribution in [2.24, 2.45) is 4.99 Å². The third-order valence-electron chi connectivity index (χ3n) is 4.73. The molecule has 0 spiro atoms. The van der Waals surface area contributed by atoms with Crippen LogP contribution in [0.2, 0.25) is 0 Å². The Balaban J connectivity index is 1.94. The minimum Gasteiger partial charge on any atom is -0.758 e. The maximum absolute atomic E-state index is 13.3. The molecule has 0 bridgehead atoms. The SMILES string of the molecule is CCc1ccc(C(=O)[C@H](C([S-])=NCc2ccc(F)cc2)[n+]2cccc(C)c2)cc1. The summed E-state index contributed by atoms with van der Waals surface area (Å²) >= 11 is 5.57. The number of rotatable bonds is 7. The number of benzene rings is 2. The third kappa shape index (κ3) is 5.33. The van der Waals surface area contributed by atoms with Crippen molar-refractivity contribution in [1.29, 1.82) is 0 Å². The standard InChI is InChI=1S/C24H23FN2OS/c1-3-18-6-10-20(11-7-18)23(28)22(27-14-4-5-17(2)16-27)24(29)26-15-19-8-12-21(25)13-9-19/h4-14,16,22H,3,15H2,1-2H3/t22-/m1/s1. The molecule has 1 heterocycles. The molecule has 0 amide bonds. The van der Waals surface area contributed by atoms with Crippen LogP contribution in [-0.4, -0.2) is 10.8 Å². The minimum atomic E-state index is -0.710. The number of aromatic nitrogens is 1. The van der Waals surface area contributed by atoms with Gasteiger partial charge in [0.25, 0.3) is 0 Å². The van der Waals surface area contributed by atoms with E-state index in [2.05, 4.69) is 11.9 Å². The van der Waals surface area contributed by atoms with Crippen LogP contribution in [0.1, 0.15) is 40.0 Å². The van der Waals surface area contributed by atoms with Crippen LogP contribution in [0.15, 0.2) is 78.0 Å². The molecule has 0 aliphatic carbocycles. The van der Waals surface area contributed by atoms with E-state index in [1.54, 1.807) is 12.1 Å². The van der Waals surface area contributed by atoms with Crippen molar-refractivity contribution in [2.45, 2.75) is 32.9 Å². The molecule has 0 radical (unpaired) electrons. The van der Waals surface area contributed by atoms with Crippen LogP contribution in [0.4, 0.5) is 4.39 Å². The van der Waals surface area contributed by atoms with Gasteiger partial charge >= 0.3 is 0 Å². The normalized spacial score (nSPS) is 12.6. The van der Waals surface area contributed by atoms with E-state index in [4.69, 9.17) is 12.6 Å². The molecule has 3 nitrogen and oxygen atoms in total. The highest BCUT2D eigenvalue weighted by atomic mass is 32.1. The van der Waals surface area contributed by atoms with Gasteiger partial charge in [0.05, 0.1) is 6.54 Å². The summed E-state index contributed by atoms with van der Waals surface area (Å²) in [6, 6.07) is 16.9. The van der Waals surface area contributed by atoms with Gasteiger partial charge in [0.1, 0.15) is 5.82 Å². The van der Waals surface area contributed by atoms with Crippen molar-refractivity contribution in [1.82, 2.24) is 0 Å². The molecular formula is C24H23FN2OS. The first kappa shape index (κ1) is 20.8. The number of nitrogens with zero attached hydrogens (tertiary/aromatic N) is 2. The molecule has 0 N–H and O–H groups in total. The number of Topliss-reactive ketones (excluding diaryl/α,β-unsaturated/α-hetero) is 1.